The first-order chi connectivity index (χ1) is 9.07. The van der Waals surface area contributed by atoms with E-state index in [1.54, 1.807) is 6.07 Å². The lowest BCUT2D eigenvalue weighted by molar-refractivity contribution is 0.0389. The van der Waals surface area contributed by atoms with Crippen molar-refractivity contribution in [2.24, 2.45) is 0 Å². The summed E-state index contributed by atoms with van der Waals surface area (Å²) in [6.45, 7) is 2.03. The van der Waals surface area contributed by atoms with E-state index in [0.717, 1.165) is 23.1 Å². The Morgan fingerprint density at radius 2 is 2.05 bits per heavy atom. The molecule has 3 rings (SSSR count). The SMILES string of the molecule is Cc1ccc2c(c1)C(O)(Cc1cccc(F)c1)CC2. The van der Waals surface area contributed by atoms with Crippen molar-refractivity contribution >= 4 is 0 Å². The molecule has 19 heavy (non-hydrogen) atoms. The molecule has 0 bridgehead atoms. The van der Waals surface area contributed by atoms with E-state index in [4.69, 9.17) is 0 Å². The fourth-order valence-electron chi connectivity index (χ4n) is 2.99. The largest absolute Gasteiger partial charge is 0.385 e. The molecular weight excluding hydrogens is 239 g/mol. The Labute approximate surface area is 112 Å². The van der Waals surface area contributed by atoms with Gasteiger partial charge in [0.2, 0.25) is 0 Å². The number of fused-ring (bicyclic) bond motifs is 1. The van der Waals surface area contributed by atoms with E-state index in [1.165, 1.54) is 17.7 Å². The summed E-state index contributed by atoms with van der Waals surface area (Å²) < 4.78 is 13.2. The second-order valence-electron chi connectivity index (χ2n) is 5.50. The predicted molar refractivity (Wildman–Crippen MR) is 73.5 cm³/mol. The van der Waals surface area contributed by atoms with E-state index in [9.17, 15) is 9.50 Å². The number of hydrogen-bond donors (Lipinski definition) is 1. The highest BCUT2D eigenvalue weighted by Crippen LogP contribution is 2.39. The van der Waals surface area contributed by atoms with Crippen LogP contribution >= 0.6 is 0 Å². The third-order valence-electron chi connectivity index (χ3n) is 3.96. The summed E-state index contributed by atoms with van der Waals surface area (Å²) in [5.74, 6) is -0.247. The molecule has 0 radical (unpaired) electrons. The second kappa shape index (κ2) is 4.46. The number of aliphatic hydroxyl groups is 1. The molecule has 2 heteroatoms. The van der Waals surface area contributed by atoms with Crippen LogP contribution in [0.5, 0.6) is 0 Å². The summed E-state index contributed by atoms with van der Waals surface area (Å²) in [5, 5.41) is 10.9. The summed E-state index contributed by atoms with van der Waals surface area (Å²) in [6, 6.07) is 12.7. The lowest BCUT2D eigenvalue weighted by Crippen LogP contribution is -2.25. The molecule has 1 atom stereocenters. The van der Waals surface area contributed by atoms with Crippen molar-refractivity contribution in [2.45, 2.75) is 31.8 Å². The Kier molecular flexibility index (Phi) is 2.90. The molecule has 0 aromatic heterocycles. The summed E-state index contributed by atoms with van der Waals surface area (Å²) in [5.41, 5.74) is 3.37. The average molecular weight is 256 g/mol. The molecule has 1 unspecified atom stereocenters. The van der Waals surface area contributed by atoms with Crippen LogP contribution in [0.4, 0.5) is 4.39 Å². The van der Waals surface area contributed by atoms with Crippen LogP contribution in [0.2, 0.25) is 0 Å². The van der Waals surface area contributed by atoms with Crippen LogP contribution in [0.1, 0.15) is 28.7 Å². The standard InChI is InChI=1S/C17H17FO/c1-12-5-6-14-7-8-17(19,16(14)9-12)11-13-3-2-4-15(18)10-13/h2-6,9-10,19H,7-8,11H2,1H3. The molecule has 1 aliphatic rings. The molecule has 0 fully saturated rings. The highest BCUT2D eigenvalue weighted by atomic mass is 19.1. The van der Waals surface area contributed by atoms with E-state index >= 15 is 0 Å². The molecular formula is C17H17FO. The highest BCUT2D eigenvalue weighted by molar-refractivity contribution is 5.41. The van der Waals surface area contributed by atoms with Gasteiger partial charge in [-0.05, 0) is 48.6 Å². The summed E-state index contributed by atoms with van der Waals surface area (Å²) >= 11 is 0. The van der Waals surface area contributed by atoms with Crippen LogP contribution in [0, 0.1) is 12.7 Å². The number of benzene rings is 2. The first-order valence-corrected chi connectivity index (χ1v) is 6.64. The van der Waals surface area contributed by atoms with Crippen LogP contribution in [0.3, 0.4) is 0 Å². The van der Waals surface area contributed by atoms with Crippen molar-refractivity contribution in [1.29, 1.82) is 0 Å². The molecule has 1 N–H and O–H groups in total. The van der Waals surface area contributed by atoms with Crippen molar-refractivity contribution < 1.29 is 9.50 Å². The number of hydrogen-bond acceptors (Lipinski definition) is 1. The molecule has 2 aromatic carbocycles. The molecule has 98 valence electrons. The Morgan fingerprint density at radius 3 is 2.84 bits per heavy atom. The lowest BCUT2D eigenvalue weighted by Gasteiger charge is -2.24. The van der Waals surface area contributed by atoms with Crippen LogP contribution in [0.15, 0.2) is 42.5 Å². The smallest absolute Gasteiger partial charge is 0.123 e. The molecule has 0 heterocycles. The van der Waals surface area contributed by atoms with Gasteiger partial charge < -0.3 is 5.11 Å². The average Bonchev–Trinajstić information content (AvgIpc) is 2.67. The second-order valence-corrected chi connectivity index (χ2v) is 5.50. The molecule has 0 spiro atoms. The number of halogens is 1. The van der Waals surface area contributed by atoms with Gasteiger partial charge in [0.1, 0.15) is 5.82 Å². The fourth-order valence-corrected chi connectivity index (χ4v) is 2.99. The number of rotatable bonds is 2. The van der Waals surface area contributed by atoms with Gasteiger partial charge in [0, 0.05) is 6.42 Å². The van der Waals surface area contributed by atoms with Gasteiger partial charge in [0.25, 0.3) is 0 Å². The van der Waals surface area contributed by atoms with Crippen LogP contribution in [-0.4, -0.2) is 5.11 Å². The quantitative estimate of drug-likeness (QED) is 0.871. The van der Waals surface area contributed by atoms with Gasteiger partial charge in [-0.1, -0.05) is 35.9 Å². The molecule has 1 aliphatic carbocycles. The van der Waals surface area contributed by atoms with Crippen LogP contribution in [-0.2, 0) is 18.4 Å². The maximum absolute atomic E-state index is 13.2. The van der Waals surface area contributed by atoms with Gasteiger partial charge in [-0.2, -0.15) is 0 Å². The first kappa shape index (κ1) is 12.4. The van der Waals surface area contributed by atoms with Crippen molar-refractivity contribution in [2.75, 3.05) is 0 Å². The third-order valence-corrected chi connectivity index (χ3v) is 3.96. The van der Waals surface area contributed by atoms with E-state index in [0.29, 0.717) is 12.8 Å². The first-order valence-electron chi connectivity index (χ1n) is 6.64. The van der Waals surface area contributed by atoms with Crippen molar-refractivity contribution in [3.63, 3.8) is 0 Å². The normalized spacial score (nSPS) is 21.4. The Hall–Kier alpha value is -1.67. The van der Waals surface area contributed by atoms with Crippen molar-refractivity contribution in [3.8, 4) is 0 Å². The summed E-state index contributed by atoms with van der Waals surface area (Å²) in [6.07, 6.45) is 2.07. The van der Waals surface area contributed by atoms with E-state index < -0.39 is 5.60 Å². The van der Waals surface area contributed by atoms with Crippen molar-refractivity contribution in [1.82, 2.24) is 0 Å². The molecule has 0 saturated carbocycles. The summed E-state index contributed by atoms with van der Waals surface area (Å²) in [7, 11) is 0. The Bertz CT molecular complexity index is 620. The van der Waals surface area contributed by atoms with Gasteiger partial charge in [-0.3, -0.25) is 0 Å². The third kappa shape index (κ3) is 2.28. The molecule has 1 nitrogen and oxygen atoms in total. The topological polar surface area (TPSA) is 20.2 Å². The van der Waals surface area contributed by atoms with Crippen LogP contribution < -0.4 is 0 Å². The molecule has 0 saturated heterocycles. The summed E-state index contributed by atoms with van der Waals surface area (Å²) in [4.78, 5) is 0. The zero-order valence-corrected chi connectivity index (χ0v) is 11.0. The maximum Gasteiger partial charge on any atom is 0.123 e. The van der Waals surface area contributed by atoms with E-state index in [-0.39, 0.29) is 5.82 Å². The van der Waals surface area contributed by atoms with Gasteiger partial charge in [0.05, 0.1) is 5.60 Å². The predicted octanol–water partition coefficient (Wildman–Crippen LogP) is 3.51. The minimum absolute atomic E-state index is 0.247. The van der Waals surface area contributed by atoms with Gasteiger partial charge in [0.15, 0.2) is 0 Å². The van der Waals surface area contributed by atoms with Crippen LogP contribution in [0.25, 0.3) is 0 Å². The Morgan fingerprint density at radius 1 is 1.21 bits per heavy atom. The van der Waals surface area contributed by atoms with Crippen molar-refractivity contribution in [3.05, 3.63) is 70.5 Å². The van der Waals surface area contributed by atoms with Gasteiger partial charge >= 0.3 is 0 Å². The minimum atomic E-state index is -0.852. The zero-order valence-electron chi connectivity index (χ0n) is 11.0. The molecule has 2 aromatic rings. The van der Waals surface area contributed by atoms with E-state index in [1.807, 2.05) is 13.0 Å². The van der Waals surface area contributed by atoms with E-state index in [2.05, 4.69) is 18.2 Å². The van der Waals surface area contributed by atoms with Gasteiger partial charge in [-0.15, -0.1) is 0 Å². The Balaban J connectivity index is 1.96. The lowest BCUT2D eigenvalue weighted by atomic mass is 9.88. The fraction of sp³-hybridized carbons (Fsp3) is 0.294. The minimum Gasteiger partial charge on any atom is -0.385 e. The zero-order chi connectivity index (χ0) is 13.5. The monoisotopic (exact) mass is 256 g/mol. The highest BCUT2D eigenvalue weighted by Gasteiger charge is 2.36. The molecule has 0 amide bonds. The molecule has 0 aliphatic heterocycles. The van der Waals surface area contributed by atoms with Gasteiger partial charge in [-0.25, -0.2) is 4.39 Å². The number of aryl methyl sites for hydroxylation is 2. The maximum atomic E-state index is 13.2.